The van der Waals surface area contributed by atoms with Crippen LogP contribution in [-0.4, -0.2) is 32.7 Å². The average molecular weight is 299 g/mol. The summed E-state index contributed by atoms with van der Waals surface area (Å²) in [6, 6.07) is 2.69. The number of carbonyl (C=O) groups excluding carboxylic acids is 2. The molecule has 0 radical (unpaired) electrons. The summed E-state index contributed by atoms with van der Waals surface area (Å²) in [5.74, 6) is 0.305. The van der Waals surface area contributed by atoms with Crippen molar-refractivity contribution >= 4 is 29.2 Å². The summed E-state index contributed by atoms with van der Waals surface area (Å²) < 4.78 is 10.4. The van der Waals surface area contributed by atoms with Crippen LogP contribution in [0.4, 0.5) is 10.5 Å². The van der Waals surface area contributed by atoms with Crippen LogP contribution >= 0.6 is 11.6 Å². The number of hydrogen-bond donors (Lipinski definition) is 1. The van der Waals surface area contributed by atoms with Crippen molar-refractivity contribution in [2.45, 2.75) is 6.92 Å². The van der Waals surface area contributed by atoms with Gasteiger partial charge in [0.05, 0.1) is 30.8 Å². The highest BCUT2D eigenvalue weighted by Crippen LogP contribution is 2.38. The number of anilines is 1. The number of amides is 3. The Morgan fingerprint density at radius 2 is 1.90 bits per heavy atom. The van der Waals surface area contributed by atoms with Gasteiger partial charge in [0.15, 0.2) is 0 Å². The van der Waals surface area contributed by atoms with Gasteiger partial charge in [0.1, 0.15) is 11.5 Å². The van der Waals surface area contributed by atoms with Crippen LogP contribution < -0.4 is 19.7 Å². The van der Waals surface area contributed by atoms with Gasteiger partial charge in [0.2, 0.25) is 5.91 Å². The fourth-order valence-corrected chi connectivity index (χ4v) is 2.23. The van der Waals surface area contributed by atoms with E-state index in [1.54, 1.807) is 19.1 Å². The first kappa shape index (κ1) is 14.5. The van der Waals surface area contributed by atoms with E-state index in [-0.39, 0.29) is 18.4 Å². The van der Waals surface area contributed by atoms with E-state index in [1.165, 1.54) is 19.1 Å². The summed E-state index contributed by atoms with van der Waals surface area (Å²) in [5.41, 5.74) is 0.496. The fourth-order valence-electron chi connectivity index (χ4n) is 2.00. The van der Waals surface area contributed by atoms with E-state index >= 15 is 0 Å². The summed E-state index contributed by atoms with van der Waals surface area (Å²) in [7, 11) is 2.98. The number of rotatable bonds is 3. The van der Waals surface area contributed by atoms with Gasteiger partial charge in [-0.3, -0.25) is 15.0 Å². The second-order valence-electron chi connectivity index (χ2n) is 4.46. The summed E-state index contributed by atoms with van der Waals surface area (Å²) in [4.78, 5) is 24.8. The lowest BCUT2D eigenvalue weighted by molar-refractivity contribution is -0.123. The molecule has 2 rings (SSSR count). The predicted octanol–water partition coefficient (Wildman–Crippen LogP) is 2.05. The third-order valence-electron chi connectivity index (χ3n) is 3.12. The van der Waals surface area contributed by atoms with Gasteiger partial charge in [-0.25, -0.2) is 4.79 Å². The van der Waals surface area contributed by atoms with Crippen LogP contribution in [0.2, 0.25) is 5.02 Å². The van der Waals surface area contributed by atoms with Crippen molar-refractivity contribution in [3.63, 3.8) is 0 Å². The van der Waals surface area contributed by atoms with Crippen LogP contribution in [0.15, 0.2) is 12.1 Å². The molecule has 0 bridgehead atoms. The summed E-state index contributed by atoms with van der Waals surface area (Å²) >= 11 is 6.08. The van der Waals surface area contributed by atoms with E-state index in [1.807, 2.05) is 0 Å². The molecule has 1 aliphatic rings. The number of nitrogens with zero attached hydrogens (tertiary/aromatic N) is 1. The fraction of sp³-hybridized carbons (Fsp3) is 0.385. The van der Waals surface area contributed by atoms with E-state index in [0.717, 1.165) is 0 Å². The Bertz CT molecular complexity index is 562. The molecule has 0 aliphatic carbocycles. The molecule has 1 heterocycles. The van der Waals surface area contributed by atoms with Crippen LogP contribution in [-0.2, 0) is 4.79 Å². The first-order valence-electron chi connectivity index (χ1n) is 6.01. The van der Waals surface area contributed by atoms with Gasteiger partial charge in [-0.1, -0.05) is 18.5 Å². The molecule has 3 amide bonds. The minimum atomic E-state index is -0.493. The number of ether oxygens (including phenoxy) is 2. The zero-order valence-electron chi connectivity index (χ0n) is 11.4. The van der Waals surface area contributed by atoms with Gasteiger partial charge in [-0.05, 0) is 6.07 Å². The highest BCUT2D eigenvalue weighted by molar-refractivity contribution is 6.32. The molecule has 1 atom stereocenters. The van der Waals surface area contributed by atoms with Crippen LogP contribution in [0.25, 0.3) is 0 Å². The molecule has 1 N–H and O–H groups in total. The number of halogens is 1. The SMILES string of the molecule is COc1cc(OC)c(N2CC(C)C(=O)NC2=O)cc1Cl. The standard InChI is InChI=1S/C13H15ClN2O4/c1-7-6-16(13(18)15-12(7)17)9-4-8(14)10(19-2)5-11(9)20-3/h4-5,7H,6H2,1-3H3,(H,15,17,18). The van der Waals surface area contributed by atoms with Gasteiger partial charge in [0.25, 0.3) is 0 Å². The third kappa shape index (κ3) is 2.51. The predicted molar refractivity (Wildman–Crippen MR) is 74.6 cm³/mol. The van der Waals surface area contributed by atoms with E-state index in [9.17, 15) is 9.59 Å². The molecular formula is C13H15ClN2O4. The topological polar surface area (TPSA) is 67.9 Å². The minimum absolute atomic E-state index is 0.268. The maximum atomic E-state index is 11.9. The molecule has 6 nitrogen and oxygen atoms in total. The van der Waals surface area contributed by atoms with Crippen LogP contribution in [0, 0.1) is 5.92 Å². The van der Waals surface area contributed by atoms with E-state index in [4.69, 9.17) is 21.1 Å². The molecule has 0 spiro atoms. The number of urea groups is 1. The number of nitrogens with one attached hydrogen (secondary N) is 1. The van der Waals surface area contributed by atoms with Crippen molar-refractivity contribution in [1.29, 1.82) is 0 Å². The van der Waals surface area contributed by atoms with Crippen molar-refractivity contribution in [1.82, 2.24) is 5.32 Å². The van der Waals surface area contributed by atoms with Gasteiger partial charge < -0.3 is 9.47 Å². The average Bonchev–Trinajstić information content (AvgIpc) is 2.42. The highest BCUT2D eigenvalue weighted by Gasteiger charge is 2.32. The Morgan fingerprint density at radius 1 is 1.25 bits per heavy atom. The molecule has 0 saturated carbocycles. The molecule has 1 fully saturated rings. The number of carbonyl (C=O) groups is 2. The van der Waals surface area contributed by atoms with Gasteiger partial charge >= 0.3 is 6.03 Å². The van der Waals surface area contributed by atoms with E-state index in [2.05, 4.69) is 5.32 Å². The molecule has 1 aliphatic heterocycles. The van der Waals surface area contributed by atoms with Crippen molar-refractivity contribution in [3.05, 3.63) is 17.2 Å². The van der Waals surface area contributed by atoms with E-state index in [0.29, 0.717) is 22.2 Å². The molecule has 7 heteroatoms. The zero-order valence-corrected chi connectivity index (χ0v) is 12.2. The largest absolute Gasteiger partial charge is 0.495 e. The number of methoxy groups -OCH3 is 2. The minimum Gasteiger partial charge on any atom is -0.495 e. The quantitative estimate of drug-likeness (QED) is 0.927. The van der Waals surface area contributed by atoms with E-state index < -0.39 is 6.03 Å². The third-order valence-corrected chi connectivity index (χ3v) is 3.42. The maximum absolute atomic E-state index is 11.9. The first-order valence-corrected chi connectivity index (χ1v) is 6.39. The van der Waals surface area contributed by atoms with Crippen LogP contribution in [0.5, 0.6) is 11.5 Å². The molecule has 0 aromatic heterocycles. The lowest BCUT2D eigenvalue weighted by Gasteiger charge is -2.31. The Labute approximate surface area is 121 Å². The first-order chi connectivity index (χ1) is 9.47. The molecule has 1 aromatic carbocycles. The monoisotopic (exact) mass is 298 g/mol. The molecule has 1 unspecified atom stereocenters. The second-order valence-corrected chi connectivity index (χ2v) is 4.87. The maximum Gasteiger partial charge on any atom is 0.328 e. The van der Waals surface area contributed by atoms with Crippen molar-refractivity contribution in [2.24, 2.45) is 5.92 Å². The van der Waals surface area contributed by atoms with Crippen molar-refractivity contribution in [3.8, 4) is 11.5 Å². The number of hydrogen-bond acceptors (Lipinski definition) is 4. The lowest BCUT2D eigenvalue weighted by Crippen LogP contribution is -2.54. The molecule has 1 saturated heterocycles. The van der Waals surface area contributed by atoms with Gasteiger partial charge in [0, 0.05) is 12.6 Å². The van der Waals surface area contributed by atoms with Gasteiger partial charge in [-0.15, -0.1) is 0 Å². The Balaban J connectivity index is 2.43. The molecule has 1 aromatic rings. The summed E-state index contributed by atoms with van der Waals surface area (Å²) in [6.45, 7) is 2.01. The summed E-state index contributed by atoms with van der Waals surface area (Å²) in [6.07, 6.45) is 0. The lowest BCUT2D eigenvalue weighted by atomic mass is 10.1. The Morgan fingerprint density at radius 3 is 2.50 bits per heavy atom. The highest BCUT2D eigenvalue weighted by atomic mass is 35.5. The van der Waals surface area contributed by atoms with Crippen molar-refractivity contribution in [2.75, 3.05) is 25.7 Å². The number of imide groups is 1. The van der Waals surface area contributed by atoms with Crippen molar-refractivity contribution < 1.29 is 19.1 Å². The zero-order chi connectivity index (χ0) is 14.9. The van der Waals surface area contributed by atoms with Gasteiger partial charge in [-0.2, -0.15) is 0 Å². The smallest absolute Gasteiger partial charge is 0.328 e. The molecule has 108 valence electrons. The summed E-state index contributed by atoms with van der Waals surface area (Å²) in [5, 5.41) is 2.66. The Kier molecular flexibility index (Phi) is 4.04. The number of benzene rings is 1. The molecular weight excluding hydrogens is 284 g/mol. The normalized spacial score (nSPS) is 18.8. The van der Waals surface area contributed by atoms with Crippen LogP contribution in [0.3, 0.4) is 0 Å². The molecule has 20 heavy (non-hydrogen) atoms. The Hall–Kier alpha value is -1.95. The van der Waals surface area contributed by atoms with Crippen LogP contribution in [0.1, 0.15) is 6.92 Å². The second kappa shape index (κ2) is 5.58.